The van der Waals surface area contributed by atoms with Crippen molar-refractivity contribution in [3.63, 3.8) is 0 Å². The summed E-state index contributed by atoms with van der Waals surface area (Å²) in [5.74, 6) is -0.623. The molecule has 15 aromatic rings. The molecule has 0 amide bonds. The topological polar surface area (TPSA) is 22.8 Å². The van der Waals surface area contributed by atoms with Gasteiger partial charge in [0.2, 0.25) is 0 Å². The summed E-state index contributed by atoms with van der Waals surface area (Å²) in [6.45, 7) is 13.0. The summed E-state index contributed by atoms with van der Waals surface area (Å²) in [6.07, 6.45) is 0. The number of para-hydroxylation sites is 8. The van der Waals surface area contributed by atoms with E-state index in [9.17, 15) is 0 Å². The quantitative estimate of drug-likeness (QED) is 0.155. The van der Waals surface area contributed by atoms with Crippen molar-refractivity contribution in [2.45, 2.75) is 52.4 Å². The smallest absolute Gasteiger partial charge is 0.252 e. The van der Waals surface area contributed by atoms with E-state index in [0.717, 1.165) is 134 Å². The Balaban J connectivity index is 0.941. The molecule has 4 aliphatic rings. The van der Waals surface area contributed by atoms with Gasteiger partial charge in [-0.25, -0.2) is 8.78 Å². The third-order valence-electron chi connectivity index (χ3n) is 20.8. The van der Waals surface area contributed by atoms with Crippen LogP contribution in [0.5, 0.6) is 0 Å². The molecule has 2 aromatic heterocycles. The Kier molecular flexibility index (Phi) is 12.0. The van der Waals surface area contributed by atoms with Crippen molar-refractivity contribution in [2.24, 2.45) is 0 Å². The molecule has 10 heteroatoms. The maximum atomic E-state index is 17.3. The molecule has 19 rings (SSSR count). The van der Waals surface area contributed by atoms with Crippen molar-refractivity contribution in [3.8, 4) is 11.4 Å². The summed E-state index contributed by atoms with van der Waals surface area (Å²) in [4.78, 5) is 9.31. The second-order valence-electron chi connectivity index (χ2n) is 28.3. The van der Waals surface area contributed by atoms with Crippen LogP contribution in [0, 0.1) is 11.6 Å². The summed E-state index contributed by atoms with van der Waals surface area (Å²) < 4.78 is 39.4. The predicted molar refractivity (Wildman–Crippen MR) is 400 cm³/mol. The van der Waals surface area contributed by atoms with Gasteiger partial charge in [-0.15, -0.1) is 0 Å². The molecule has 96 heavy (non-hydrogen) atoms. The van der Waals surface area contributed by atoms with Gasteiger partial charge in [0.25, 0.3) is 13.4 Å². The van der Waals surface area contributed by atoms with Crippen LogP contribution in [0.25, 0.3) is 55.0 Å². The SMILES string of the molecule is CC(C)(C)c1ccc2c(c1)c1ccccc1n2-c1cc2c3c(c1)N(c1ccccc1F)c1ccccc1B3c1cc3c(cc1N2c1ccccc1)N(c1ccccc1)c1cc(-n2c4ccccc4c4cc(C(C)(C)C)ccc42)cc2c1B3c1ccccc1N2c1ccccc1F. The van der Waals surface area contributed by atoms with Gasteiger partial charge in [-0.05, 0) is 182 Å². The molecule has 0 N–H and O–H groups in total. The van der Waals surface area contributed by atoms with Gasteiger partial charge in [0.15, 0.2) is 0 Å². The van der Waals surface area contributed by atoms with Crippen molar-refractivity contribution in [1.82, 2.24) is 9.13 Å². The number of anilines is 12. The molecule has 0 saturated carbocycles. The Labute approximate surface area is 557 Å². The molecule has 4 aliphatic heterocycles. The van der Waals surface area contributed by atoms with E-state index in [1.165, 1.54) is 21.9 Å². The Morgan fingerprint density at radius 1 is 0.250 bits per heavy atom. The maximum absolute atomic E-state index is 17.3. The first-order valence-electron chi connectivity index (χ1n) is 33.4. The predicted octanol–water partition coefficient (Wildman–Crippen LogP) is 18.9. The van der Waals surface area contributed by atoms with Crippen LogP contribution in [0.2, 0.25) is 0 Å². The Bertz CT molecular complexity index is 5430. The number of hydrogen-bond donors (Lipinski definition) is 0. The fraction of sp³-hybridized carbons (Fsp3) is 0.0930. The molecule has 6 nitrogen and oxygen atoms in total. The van der Waals surface area contributed by atoms with Crippen molar-refractivity contribution >= 4 is 158 Å². The summed E-state index contributed by atoms with van der Waals surface area (Å²) in [5.41, 5.74) is 25.7. The second kappa shape index (κ2) is 20.6. The van der Waals surface area contributed by atoms with Crippen LogP contribution >= 0.6 is 0 Å². The number of benzene rings is 13. The lowest BCUT2D eigenvalue weighted by atomic mass is 9.30. The van der Waals surface area contributed by atoms with Crippen molar-refractivity contribution < 1.29 is 8.78 Å². The fourth-order valence-electron chi connectivity index (χ4n) is 16.5. The lowest BCUT2D eigenvalue weighted by Gasteiger charge is -2.47. The van der Waals surface area contributed by atoms with E-state index in [0.29, 0.717) is 11.4 Å². The zero-order valence-corrected chi connectivity index (χ0v) is 54.2. The van der Waals surface area contributed by atoms with Gasteiger partial charge in [-0.1, -0.05) is 193 Å². The maximum Gasteiger partial charge on any atom is 0.252 e. The van der Waals surface area contributed by atoms with Crippen LogP contribution < -0.4 is 52.4 Å². The standard InChI is InChI=1S/C86H64B2F2N6/c1-85(2,3)53-41-43-71-61(45-53)59-29-13-19-35-69(59)93(71)57-47-79-83-81(49-57)95(75-39-23-17-33-67(75)89)73-37-21-15-31-63(73)87(83)65-51-66-78(52-77(65)91(79)55-25-9-7-10-26-55)92(56-27-11-8-12-28-56)80-48-58(94-70-36-20-14-30-60(70)62-46-54(86(4,5)6)42-44-72(62)94)50-82-84(80)88(66)64-32-16-22-38-74(64)96(82)76-40-24-18-34-68(76)90/h7-52H,1-6H3. The summed E-state index contributed by atoms with van der Waals surface area (Å²) in [5, 5.41) is 4.69. The molecule has 0 fully saturated rings. The molecular formula is C86H64B2F2N6. The highest BCUT2D eigenvalue weighted by Crippen LogP contribution is 2.52. The number of rotatable bonds is 6. The van der Waals surface area contributed by atoms with Crippen LogP contribution in [0.15, 0.2) is 279 Å². The van der Waals surface area contributed by atoms with E-state index in [4.69, 9.17) is 0 Å². The lowest BCUT2D eigenvalue weighted by Crippen LogP contribution is -2.65. The Hall–Kier alpha value is -11.4. The van der Waals surface area contributed by atoms with Gasteiger partial charge in [0, 0.05) is 78.4 Å². The number of hydrogen-bond acceptors (Lipinski definition) is 4. The highest BCUT2D eigenvalue weighted by molar-refractivity contribution is 7.03. The van der Waals surface area contributed by atoms with Gasteiger partial charge in [-0.2, -0.15) is 0 Å². The molecule has 0 aliphatic carbocycles. The average molecular weight is 1240 g/mol. The molecule has 6 heterocycles. The minimum atomic E-state index is -0.327. The van der Waals surface area contributed by atoms with Gasteiger partial charge >= 0.3 is 0 Å². The monoisotopic (exact) mass is 1240 g/mol. The largest absolute Gasteiger partial charge is 0.311 e. The molecule has 0 saturated heterocycles. The average Bonchev–Trinajstić information content (AvgIpc) is 0.840. The molecule has 13 aromatic carbocycles. The van der Waals surface area contributed by atoms with Crippen LogP contribution in [-0.2, 0) is 10.8 Å². The first kappa shape index (κ1) is 56.2. The molecule has 458 valence electrons. The number of nitrogens with zero attached hydrogens (tertiary/aromatic N) is 6. The lowest BCUT2D eigenvalue weighted by molar-refractivity contribution is 0.591. The molecular weight excluding hydrogens is 1180 g/mol. The van der Waals surface area contributed by atoms with E-state index < -0.39 is 0 Å². The van der Waals surface area contributed by atoms with Crippen LogP contribution in [0.4, 0.5) is 77.0 Å². The van der Waals surface area contributed by atoms with Gasteiger partial charge in [-0.3, -0.25) is 0 Å². The summed E-state index contributed by atoms with van der Waals surface area (Å²) >= 11 is 0. The zero-order valence-electron chi connectivity index (χ0n) is 54.2. The Morgan fingerprint density at radius 3 is 1.00 bits per heavy atom. The van der Waals surface area contributed by atoms with Gasteiger partial charge in [0.1, 0.15) is 11.6 Å². The fourth-order valence-corrected chi connectivity index (χ4v) is 16.5. The molecule has 0 atom stereocenters. The van der Waals surface area contributed by atoms with Crippen LogP contribution in [-0.4, -0.2) is 22.6 Å². The van der Waals surface area contributed by atoms with Crippen molar-refractivity contribution in [1.29, 1.82) is 0 Å². The molecule has 0 radical (unpaired) electrons. The van der Waals surface area contributed by atoms with E-state index in [2.05, 4.69) is 301 Å². The zero-order chi connectivity index (χ0) is 64.6. The number of aromatic nitrogens is 2. The number of fused-ring (bicyclic) bond motifs is 14. The minimum Gasteiger partial charge on any atom is -0.311 e. The molecule has 0 bridgehead atoms. The van der Waals surface area contributed by atoms with Crippen LogP contribution in [0.3, 0.4) is 0 Å². The second-order valence-corrected chi connectivity index (χ2v) is 28.3. The van der Waals surface area contributed by atoms with Crippen LogP contribution in [0.1, 0.15) is 52.7 Å². The van der Waals surface area contributed by atoms with E-state index in [1.54, 1.807) is 24.3 Å². The third-order valence-corrected chi connectivity index (χ3v) is 20.8. The normalized spacial score (nSPS) is 13.7. The molecule has 0 spiro atoms. The minimum absolute atomic E-state index is 0.0764. The van der Waals surface area contributed by atoms with E-state index >= 15 is 8.78 Å². The van der Waals surface area contributed by atoms with Crippen molar-refractivity contribution in [3.05, 3.63) is 302 Å². The molecule has 0 unspecified atom stereocenters. The van der Waals surface area contributed by atoms with E-state index in [-0.39, 0.29) is 35.9 Å². The summed E-state index contributed by atoms with van der Waals surface area (Å²) in [7, 11) is 0. The Morgan fingerprint density at radius 2 is 0.594 bits per heavy atom. The van der Waals surface area contributed by atoms with Gasteiger partial charge < -0.3 is 28.7 Å². The first-order chi connectivity index (χ1) is 46.8. The number of halogens is 2. The van der Waals surface area contributed by atoms with Crippen molar-refractivity contribution in [2.75, 3.05) is 19.6 Å². The van der Waals surface area contributed by atoms with E-state index in [1.807, 2.05) is 24.3 Å². The highest BCUT2D eigenvalue weighted by Gasteiger charge is 2.49. The summed E-state index contributed by atoms with van der Waals surface area (Å²) in [6, 6.07) is 99.0. The third kappa shape index (κ3) is 8.11. The first-order valence-corrected chi connectivity index (χ1v) is 33.4. The van der Waals surface area contributed by atoms with Gasteiger partial charge in [0.05, 0.1) is 44.8 Å². The highest BCUT2D eigenvalue weighted by atomic mass is 19.1.